The van der Waals surface area contributed by atoms with Crippen molar-refractivity contribution in [3.05, 3.63) is 12.2 Å². The second kappa shape index (κ2) is 6.29. The summed E-state index contributed by atoms with van der Waals surface area (Å²) in [7, 11) is 0. The second-order valence-electron chi connectivity index (χ2n) is 4.55. The summed E-state index contributed by atoms with van der Waals surface area (Å²) >= 11 is 0. The second-order valence-corrected chi connectivity index (χ2v) is 4.55. The summed E-state index contributed by atoms with van der Waals surface area (Å²) in [5.74, 6) is 0. The highest BCUT2D eigenvalue weighted by Crippen LogP contribution is 2.28. The van der Waals surface area contributed by atoms with Crippen molar-refractivity contribution in [2.75, 3.05) is 19.6 Å². The van der Waals surface area contributed by atoms with E-state index in [0.717, 1.165) is 32.5 Å². The Balaban J connectivity index is 2.34. The first-order valence-electron chi connectivity index (χ1n) is 6.32. The van der Waals surface area contributed by atoms with Crippen molar-refractivity contribution in [3.8, 4) is 0 Å². The Hall–Kier alpha value is -0.340. The molecule has 1 aliphatic rings. The maximum absolute atomic E-state index is 10.2. The third-order valence-electron chi connectivity index (χ3n) is 3.41. The van der Waals surface area contributed by atoms with Crippen molar-refractivity contribution in [2.45, 2.75) is 51.6 Å². The molecule has 0 radical (unpaired) electrons. The molecule has 0 aromatic heterocycles. The molecule has 1 fully saturated rings. The van der Waals surface area contributed by atoms with Crippen molar-refractivity contribution in [3.63, 3.8) is 0 Å². The first-order chi connectivity index (χ1) is 7.20. The van der Waals surface area contributed by atoms with Gasteiger partial charge in [0.15, 0.2) is 0 Å². The minimum atomic E-state index is -0.495. The number of hydrogen-bond acceptors (Lipinski definition) is 2. The van der Waals surface area contributed by atoms with Gasteiger partial charge in [0.05, 0.1) is 5.60 Å². The van der Waals surface area contributed by atoms with Crippen molar-refractivity contribution in [2.24, 2.45) is 0 Å². The Morgan fingerprint density at radius 3 is 2.27 bits per heavy atom. The molecule has 0 aliphatic heterocycles. The van der Waals surface area contributed by atoms with Crippen LogP contribution in [-0.4, -0.2) is 35.2 Å². The molecular weight excluding hydrogens is 186 g/mol. The molecule has 0 unspecified atom stereocenters. The zero-order valence-electron chi connectivity index (χ0n) is 10.2. The first kappa shape index (κ1) is 12.7. The van der Waals surface area contributed by atoms with Gasteiger partial charge in [0.25, 0.3) is 0 Å². The van der Waals surface area contributed by atoms with E-state index >= 15 is 0 Å². The minimum absolute atomic E-state index is 0.495. The average Bonchev–Trinajstić information content (AvgIpc) is 2.25. The predicted molar refractivity (Wildman–Crippen MR) is 65.0 cm³/mol. The smallest absolute Gasteiger partial charge is 0.0828 e. The van der Waals surface area contributed by atoms with Gasteiger partial charge in [-0.15, -0.1) is 0 Å². The molecule has 1 N–H and O–H groups in total. The molecule has 0 atom stereocenters. The Kier molecular flexibility index (Phi) is 5.34. The maximum atomic E-state index is 10.2. The summed E-state index contributed by atoms with van der Waals surface area (Å²) in [6.45, 7) is 7.48. The van der Waals surface area contributed by atoms with Crippen LogP contribution in [0.4, 0.5) is 0 Å². The van der Waals surface area contributed by atoms with Crippen LogP contribution < -0.4 is 0 Å². The van der Waals surface area contributed by atoms with Crippen LogP contribution >= 0.6 is 0 Å². The SMILES string of the molecule is CCN(CC)C/C=C/C1(O)CCCCC1. The van der Waals surface area contributed by atoms with Gasteiger partial charge < -0.3 is 10.0 Å². The molecule has 0 saturated heterocycles. The molecule has 0 spiro atoms. The van der Waals surface area contributed by atoms with E-state index in [2.05, 4.69) is 24.8 Å². The lowest BCUT2D eigenvalue weighted by molar-refractivity contribution is 0.0509. The van der Waals surface area contributed by atoms with Crippen LogP contribution in [0.25, 0.3) is 0 Å². The molecule has 0 bridgehead atoms. The quantitative estimate of drug-likeness (QED) is 0.707. The Labute approximate surface area is 94.0 Å². The molecule has 0 amide bonds. The van der Waals surface area contributed by atoms with E-state index in [1.165, 1.54) is 19.3 Å². The van der Waals surface area contributed by atoms with Crippen LogP contribution in [0.1, 0.15) is 46.0 Å². The molecule has 15 heavy (non-hydrogen) atoms. The average molecular weight is 211 g/mol. The standard InChI is InChI=1S/C13H25NO/c1-3-14(4-2)12-8-11-13(15)9-6-5-7-10-13/h8,11,15H,3-7,9-10,12H2,1-2H3/b11-8+. The van der Waals surface area contributed by atoms with E-state index in [-0.39, 0.29) is 0 Å². The number of nitrogens with zero attached hydrogens (tertiary/aromatic N) is 1. The molecule has 1 aliphatic carbocycles. The predicted octanol–water partition coefficient (Wildman–Crippen LogP) is 2.58. The van der Waals surface area contributed by atoms with Gasteiger partial charge in [-0.25, -0.2) is 0 Å². The summed E-state index contributed by atoms with van der Waals surface area (Å²) in [6, 6.07) is 0. The van der Waals surface area contributed by atoms with E-state index < -0.39 is 5.60 Å². The Bertz CT molecular complexity index is 191. The third-order valence-corrected chi connectivity index (χ3v) is 3.41. The van der Waals surface area contributed by atoms with Gasteiger partial charge in [-0.2, -0.15) is 0 Å². The van der Waals surface area contributed by atoms with E-state index in [1.807, 2.05) is 6.08 Å². The van der Waals surface area contributed by atoms with Crippen LogP contribution in [-0.2, 0) is 0 Å². The molecule has 0 aromatic rings. The minimum Gasteiger partial charge on any atom is -0.386 e. The molecule has 0 aromatic carbocycles. The van der Waals surface area contributed by atoms with E-state index in [9.17, 15) is 5.11 Å². The zero-order valence-corrected chi connectivity index (χ0v) is 10.2. The van der Waals surface area contributed by atoms with Gasteiger partial charge in [-0.05, 0) is 25.9 Å². The van der Waals surface area contributed by atoms with E-state index in [4.69, 9.17) is 0 Å². The molecule has 2 heteroatoms. The van der Waals surface area contributed by atoms with Gasteiger partial charge in [0.2, 0.25) is 0 Å². The molecule has 88 valence electrons. The van der Waals surface area contributed by atoms with E-state index in [1.54, 1.807) is 0 Å². The van der Waals surface area contributed by atoms with Crippen molar-refractivity contribution < 1.29 is 5.11 Å². The number of likely N-dealkylation sites (N-methyl/N-ethyl adjacent to an activating group) is 1. The Morgan fingerprint density at radius 2 is 1.73 bits per heavy atom. The summed E-state index contributed by atoms with van der Waals surface area (Å²) in [5.41, 5.74) is -0.495. The van der Waals surface area contributed by atoms with Crippen LogP contribution in [0.3, 0.4) is 0 Å². The first-order valence-corrected chi connectivity index (χ1v) is 6.32. The topological polar surface area (TPSA) is 23.5 Å². The lowest BCUT2D eigenvalue weighted by Gasteiger charge is -2.29. The summed E-state index contributed by atoms with van der Waals surface area (Å²) in [6.07, 6.45) is 9.69. The van der Waals surface area contributed by atoms with Crippen molar-refractivity contribution in [1.29, 1.82) is 0 Å². The lowest BCUT2D eigenvalue weighted by atomic mass is 9.85. The fourth-order valence-corrected chi connectivity index (χ4v) is 2.23. The van der Waals surface area contributed by atoms with Gasteiger partial charge in [-0.1, -0.05) is 45.3 Å². The van der Waals surface area contributed by atoms with Crippen LogP contribution in [0, 0.1) is 0 Å². The highest BCUT2D eigenvalue weighted by molar-refractivity contribution is 5.03. The van der Waals surface area contributed by atoms with Gasteiger partial charge in [-0.3, -0.25) is 0 Å². The molecule has 0 heterocycles. The van der Waals surface area contributed by atoms with E-state index in [0.29, 0.717) is 0 Å². The van der Waals surface area contributed by atoms with Gasteiger partial charge in [0, 0.05) is 6.54 Å². The third kappa shape index (κ3) is 4.35. The zero-order chi connectivity index (χ0) is 11.1. The number of aliphatic hydroxyl groups is 1. The van der Waals surface area contributed by atoms with Crippen LogP contribution in [0.5, 0.6) is 0 Å². The number of hydrogen-bond donors (Lipinski definition) is 1. The maximum Gasteiger partial charge on any atom is 0.0828 e. The van der Waals surface area contributed by atoms with Gasteiger partial charge >= 0.3 is 0 Å². The van der Waals surface area contributed by atoms with Gasteiger partial charge in [0.1, 0.15) is 0 Å². The normalized spacial score (nSPS) is 21.3. The van der Waals surface area contributed by atoms with Crippen molar-refractivity contribution >= 4 is 0 Å². The van der Waals surface area contributed by atoms with Crippen molar-refractivity contribution in [1.82, 2.24) is 4.90 Å². The largest absolute Gasteiger partial charge is 0.386 e. The fourth-order valence-electron chi connectivity index (χ4n) is 2.23. The Morgan fingerprint density at radius 1 is 1.13 bits per heavy atom. The number of rotatable bonds is 5. The van der Waals surface area contributed by atoms with Crippen LogP contribution in [0.15, 0.2) is 12.2 Å². The summed E-state index contributed by atoms with van der Waals surface area (Å²) < 4.78 is 0. The lowest BCUT2D eigenvalue weighted by Crippen LogP contribution is -2.29. The summed E-state index contributed by atoms with van der Waals surface area (Å²) in [5, 5.41) is 10.2. The molecule has 2 nitrogen and oxygen atoms in total. The fraction of sp³-hybridized carbons (Fsp3) is 0.846. The highest BCUT2D eigenvalue weighted by Gasteiger charge is 2.25. The van der Waals surface area contributed by atoms with Crippen LogP contribution in [0.2, 0.25) is 0 Å². The summed E-state index contributed by atoms with van der Waals surface area (Å²) in [4.78, 5) is 2.35. The molecule has 1 rings (SSSR count). The highest BCUT2D eigenvalue weighted by atomic mass is 16.3. The molecule has 1 saturated carbocycles. The molecular formula is C13H25NO. The monoisotopic (exact) mass is 211 g/mol.